The van der Waals surface area contributed by atoms with Crippen molar-refractivity contribution >= 4 is 38.9 Å². The van der Waals surface area contributed by atoms with Gasteiger partial charge in [0.2, 0.25) is 21.9 Å². The van der Waals surface area contributed by atoms with E-state index in [1.54, 1.807) is 0 Å². The maximum atomic E-state index is 12.3. The molecule has 2 aromatic rings. The van der Waals surface area contributed by atoms with Gasteiger partial charge in [0.1, 0.15) is 0 Å². The van der Waals surface area contributed by atoms with Crippen LogP contribution in [0.1, 0.15) is 12.1 Å². The molecule has 128 valence electrons. The van der Waals surface area contributed by atoms with Gasteiger partial charge in [-0.1, -0.05) is 0 Å². The van der Waals surface area contributed by atoms with E-state index >= 15 is 0 Å². The molecule has 1 unspecified atom stereocenters. The largest absolute Gasteiger partial charge is 0.390 e. The van der Waals surface area contributed by atoms with Crippen molar-refractivity contribution in [2.45, 2.75) is 13.0 Å². The fourth-order valence-electron chi connectivity index (χ4n) is 2.64. The number of aliphatic hydroxyl groups excluding tert-OH is 1. The van der Waals surface area contributed by atoms with Gasteiger partial charge in [-0.3, -0.25) is 9.69 Å². The van der Waals surface area contributed by atoms with Gasteiger partial charge < -0.3 is 10.8 Å². The monoisotopic (exact) mass is 353 g/mol. The first-order valence-electron chi connectivity index (χ1n) is 6.97. The predicted octanol–water partition coefficient (Wildman–Crippen LogP) is -1.86. The van der Waals surface area contributed by atoms with Crippen LogP contribution in [0.2, 0.25) is 0 Å². The van der Waals surface area contributed by atoms with Crippen LogP contribution in [-0.2, 0) is 21.4 Å². The summed E-state index contributed by atoms with van der Waals surface area (Å²) >= 11 is 0. The van der Waals surface area contributed by atoms with E-state index in [4.69, 9.17) is 10.9 Å². The molecule has 0 aromatic carbocycles. The number of aromatic nitrogens is 4. The van der Waals surface area contributed by atoms with Crippen molar-refractivity contribution in [3.05, 3.63) is 11.9 Å². The number of amides is 1. The van der Waals surface area contributed by atoms with E-state index in [2.05, 4.69) is 19.9 Å². The molecule has 1 atom stereocenters. The third-order valence-corrected chi connectivity index (χ3v) is 4.48. The highest BCUT2D eigenvalue weighted by Gasteiger charge is 2.35. The first-order valence-corrected chi connectivity index (χ1v) is 8.69. The molecule has 24 heavy (non-hydrogen) atoms. The molecule has 0 aliphatic carbocycles. The van der Waals surface area contributed by atoms with Gasteiger partial charge in [0.15, 0.2) is 17.0 Å². The molecule has 0 radical (unpaired) electrons. The zero-order valence-corrected chi connectivity index (χ0v) is 13.3. The van der Waals surface area contributed by atoms with Crippen molar-refractivity contribution < 1.29 is 18.3 Å². The summed E-state index contributed by atoms with van der Waals surface area (Å²) < 4.78 is 22.5. The van der Waals surface area contributed by atoms with Gasteiger partial charge in [0.05, 0.1) is 24.3 Å². The zero-order valence-electron chi connectivity index (χ0n) is 12.5. The Kier molecular flexibility index (Phi) is 4.03. The molecule has 0 spiro atoms. The lowest BCUT2D eigenvalue weighted by molar-refractivity contribution is -0.117. The predicted molar refractivity (Wildman–Crippen MR) is 83.9 cm³/mol. The molecule has 3 heterocycles. The second-order valence-electron chi connectivity index (χ2n) is 5.50. The summed E-state index contributed by atoms with van der Waals surface area (Å²) in [5, 5.41) is 14.2. The number of nitrogens with zero attached hydrogens (tertiary/aromatic N) is 5. The fraction of sp³-hybridized carbons (Fsp3) is 0.417. The van der Waals surface area contributed by atoms with Crippen LogP contribution in [0.5, 0.6) is 0 Å². The summed E-state index contributed by atoms with van der Waals surface area (Å²) in [4.78, 5) is 29.8. The molecule has 1 amide bonds. The highest BCUT2D eigenvalue weighted by Crippen LogP contribution is 2.29. The van der Waals surface area contributed by atoms with Crippen molar-refractivity contribution in [1.82, 2.24) is 19.9 Å². The minimum Gasteiger partial charge on any atom is -0.390 e. The van der Waals surface area contributed by atoms with Crippen molar-refractivity contribution in [3.8, 4) is 0 Å². The lowest BCUT2D eigenvalue weighted by Gasteiger charge is -2.17. The first-order chi connectivity index (χ1) is 11.3. The Balaban J connectivity index is 2.03. The van der Waals surface area contributed by atoms with Gasteiger partial charge >= 0.3 is 0 Å². The Morgan fingerprint density at radius 2 is 2.08 bits per heavy atom. The smallest absolute Gasteiger partial charge is 0.228 e. The topological polar surface area (TPSA) is 178 Å². The van der Waals surface area contributed by atoms with E-state index in [0.717, 1.165) is 0 Å². The number of sulfonamides is 1. The van der Waals surface area contributed by atoms with E-state index in [1.165, 1.54) is 11.1 Å². The van der Waals surface area contributed by atoms with Crippen LogP contribution in [0.25, 0.3) is 11.2 Å². The van der Waals surface area contributed by atoms with Crippen LogP contribution in [0.4, 0.5) is 11.8 Å². The number of primary sulfonamides is 1. The average molecular weight is 353 g/mol. The maximum absolute atomic E-state index is 12.3. The fourth-order valence-corrected chi connectivity index (χ4v) is 3.52. The Hall–Kier alpha value is -2.44. The normalized spacial score (nSPS) is 18.5. The number of anilines is 2. The Bertz CT molecular complexity index is 917. The molecule has 12 heteroatoms. The molecular formula is C12H15N7O4S. The van der Waals surface area contributed by atoms with Crippen LogP contribution in [0, 0.1) is 5.92 Å². The SMILES string of the molecule is Nc1nc(N2CC(CS(N)(=O)=O)CC2=O)c2nc(CO)cnc2n1. The highest BCUT2D eigenvalue weighted by atomic mass is 32.2. The Labute approximate surface area is 136 Å². The number of nitrogens with two attached hydrogens (primary N) is 2. The first kappa shape index (κ1) is 16.4. The second-order valence-corrected chi connectivity index (χ2v) is 7.16. The lowest BCUT2D eigenvalue weighted by Crippen LogP contribution is -2.29. The molecule has 5 N–H and O–H groups in total. The summed E-state index contributed by atoms with van der Waals surface area (Å²) in [7, 11) is -3.70. The molecular weight excluding hydrogens is 338 g/mol. The average Bonchev–Trinajstić information content (AvgIpc) is 2.84. The van der Waals surface area contributed by atoms with Gasteiger partial charge in [0, 0.05) is 18.9 Å². The summed E-state index contributed by atoms with van der Waals surface area (Å²) in [5.74, 6) is -1.03. The number of rotatable bonds is 4. The molecule has 1 aliphatic rings. The second kappa shape index (κ2) is 5.89. The molecule has 1 aliphatic heterocycles. The quantitative estimate of drug-likeness (QED) is 0.568. The number of hydrogen-bond acceptors (Lipinski definition) is 9. The lowest BCUT2D eigenvalue weighted by atomic mass is 10.1. The molecule has 1 saturated heterocycles. The van der Waals surface area contributed by atoms with Crippen molar-refractivity contribution in [3.63, 3.8) is 0 Å². The number of aliphatic hydroxyl groups is 1. The molecule has 11 nitrogen and oxygen atoms in total. The van der Waals surface area contributed by atoms with Crippen LogP contribution < -0.4 is 15.8 Å². The molecule has 0 saturated carbocycles. The number of fused-ring (bicyclic) bond motifs is 1. The summed E-state index contributed by atoms with van der Waals surface area (Å²) in [6.07, 6.45) is 1.36. The maximum Gasteiger partial charge on any atom is 0.228 e. The number of carbonyl (C=O) groups is 1. The summed E-state index contributed by atoms with van der Waals surface area (Å²) in [5.41, 5.74) is 6.32. The van der Waals surface area contributed by atoms with Gasteiger partial charge in [-0.25, -0.2) is 23.5 Å². The van der Waals surface area contributed by atoms with E-state index < -0.39 is 15.9 Å². The summed E-state index contributed by atoms with van der Waals surface area (Å²) in [6.45, 7) is -0.222. The van der Waals surface area contributed by atoms with E-state index in [1.807, 2.05) is 0 Å². The van der Waals surface area contributed by atoms with Crippen LogP contribution in [-0.4, -0.2) is 51.7 Å². The molecule has 3 rings (SSSR count). The molecule has 2 aromatic heterocycles. The number of hydrogen-bond donors (Lipinski definition) is 3. The zero-order chi connectivity index (χ0) is 17.5. The van der Waals surface area contributed by atoms with Crippen molar-refractivity contribution in [1.29, 1.82) is 0 Å². The van der Waals surface area contributed by atoms with Crippen LogP contribution >= 0.6 is 0 Å². The molecule has 0 bridgehead atoms. The van der Waals surface area contributed by atoms with E-state index in [0.29, 0.717) is 0 Å². The van der Waals surface area contributed by atoms with Crippen LogP contribution in [0.3, 0.4) is 0 Å². The third-order valence-electron chi connectivity index (χ3n) is 3.55. The van der Waals surface area contributed by atoms with Gasteiger partial charge in [-0.15, -0.1) is 0 Å². The highest BCUT2D eigenvalue weighted by molar-refractivity contribution is 7.89. The minimum atomic E-state index is -3.70. The van der Waals surface area contributed by atoms with E-state index in [9.17, 15) is 18.3 Å². The van der Waals surface area contributed by atoms with Crippen molar-refractivity contribution in [2.75, 3.05) is 22.9 Å². The van der Waals surface area contributed by atoms with Crippen LogP contribution in [0.15, 0.2) is 6.20 Å². The van der Waals surface area contributed by atoms with Crippen molar-refractivity contribution in [2.24, 2.45) is 11.1 Å². The van der Waals surface area contributed by atoms with Gasteiger partial charge in [-0.2, -0.15) is 9.97 Å². The number of nitrogen functional groups attached to an aromatic ring is 1. The van der Waals surface area contributed by atoms with Gasteiger partial charge in [0.25, 0.3) is 0 Å². The Morgan fingerprint density at radius 3 is 2.75 bits per heavy atom. The Morgan fingerprint density at radius 1 is 1.33 bits per heavy atom. The van der Waals surface area contributed by atoms with Gasteiger partial charge in [-0.05, 0) is 0 Å². The third kappa shape index (κ3) is 3.25. The van der Waals surface area contributed by atoms with E-state index in [-0.39, 0.29) is 59.9 Å². The summed E-state index contributed by atoms with van der Waals surface area (Å²) in [6, 6.07) is 0. The minimum absolute atomic E-state index is 0.0228. The standard InChI is InChI=1S/C12H15N7O4S/c13-12-17-10-9(16-7(4-20)2-15-10)11(18-12)19-3-6(1-8(19)21)5-24(14,22)23/h2,6,20H,1,3-5H2,(H2,14,22,23)(H2,13,15,17,18). The number of carbonyl (C=O) groups excluding carboxylic acids is 1. The molecule has 1 fully saturated rings.